The fraction of sp³-hybridized carbons (Fsp3) is 0.333. The number of rotatable bonds is 0. The molecule has 0 spiro atoms. The Morgan fingerprint density at radius 3 is 3.50 bits per heavy atom. The summed E-state index contributed by atoms with van der Waals surface area (Å²) in [6.07, 6.45) is 6.98. The summed E-state index contributed by atoms with van der Waals surface area (Å²) in [7, 11) is 0. The van der Waals surface area contributed by atoms with Crippen molar-refractivity contribution in [3.05, 3.63) is 12.2 Å². The van der Waals surface area contributed by atoms with E-state index in [1.54, 1.807) is 0 Å². The van der Waals surface area contributed by atoms with Crippen LogP contribution in [0.4, 0.5) is 0 Å². The average molecular weight is 105 g/mol. The Bertz CT molecular complexity index is 156. The first kappa shape index (κ1) is 5.48. The molecule has 0 N–H and O–H groups in total. The van der Waals surface area contributed by atoms with Gasteiger partial charge in [0.05, 0.1) is 0 Å². The van der Waals surface area contributed by atoms with E-state index in [2.05, 4.69) is 11.1 Å². The van der Waals surface area contributed by atoms with Crippen LogP contribution in [0.3, 0.4) is 0 Å². The van der Waals surface area contributed by atoms with Gasteiger partial charge in [-0.05, 0) is 0 Å². The van der Waals surface area contributed by atoms with E-state index in [9.17, 15) is 0 Å². The van der Waals surface area contributed by atoms with Crippen LogP contribution in [0.15, 0.2) is 17.1 Å². The van der Waals surface area contributed by atoms with Crippen molar-refractivity contribution in [3.8, 4) is 0 Å². The molecule has 0 amide bonds. The first-order valence-electron chi connectivity index (χ1n) is 2.75. The zero-order valence-corrected chi connectivity index (χ0v) is 4.96. The maximum atomic E-state index is 4.07. The van der Waals surface area contributed by atoms with Crippen LogP contribution in [0, 0.1) is 0 Å². The number of nitrogens with zero attached hydrogens (tertiary/aromatic N) is 1. The van der Waals surface area contributed by atoms with Crippen LogP contribution in [-0.2, 0) is 0 Å². The van der Waals surface area contributed by atoms with Crippen LogP contribution in [0.5, 0.6) is 0 Å². The van der Waals surface area contributed by atoms with Gasteiger partial charge in [-0.15, -0.1) is 0 Å². The molecule has 0 saturated heterocycles. The molecular weight excluding hydrogens is 96.9 g/mol. The van der Waals surface area contributed by atoms with E-state index < -0.39 is 0 Å². The van der Waals surface area contributed by atoms with Crippen LogP contribution in [0.25, 0.3) is 0 Å². The molecule has 1 aliphatic heterocycles. The zero-order chi connectivity index (χ0) is 5.82. The zero-order valence-electron chi connectivity index (χ0n) is 4.96. The van der Waals surface area contributed by atoms with Crippen LogP contribution in [0.2, 0.25) is 6.32 Å². The minimum absolute atomic E-state index is 1.01. The van der Waals surface area contributed by atoms with Gasteiger partial charge in [-0.1, -0.05) is 0 Å². The van der Waals surface area contributed by atoms with Gasteiger partial charge in [0.2, 0.25) is 0 Å². The van der Waals surface area contributed by atoms with Gasteiger partial charge < -0.3 is 0 Å². The van der Waals surface area contributed by atoms with Crippen molar-refractivity contribution in [2.24, 2.45) is 4.99 Å². The molecular formula is C6H8BN. The molecule has 0 aromatic heterocycles. The molecule has 0 saturated carbocycles. The molecule has 1 aliphatic rings. The van der Waals surface area contributed by atoms with E-state index in [1.165, 1.54) is 0 Å². The molecule has 0 unspecified atom stereocenters. The third-order valence-electron chi connectivity index (χ3n) is 1.01. The van der Waals surface area contributed by atoms with E-state index >= 15 is 0 Å². The van der Waals surface area contributed by atoms with Gasteiger partial charge in [0.15, 0.2) is 0 Å². The van der Waals surface area contributed by atoms with Crippen molar-refractivity contribution < 1.29 is 0 Å². The Hall–Kier alpha value is -0.655. The average Bonchev–Trinajstić information content (AvgIpc) is 1.94. The van der Waals surface area contributed by atoms with Gasteiger partial charge in [0.25, 0.3) is 0 Å². The van der Waals surface area contributed by atoms with Crippen LogP contribution in [0.1, 0.15) is 6.92 Å². The van der Waals surface area contributed by atoms with Crippen molar-refractivity contribution in [2.75, 3.05) is 0 Å². The topological polar surface area (TPSA) is 12.4 Å². The molecule has 0 aliphatic carbocycles. The molecule has 8 heavy (non-hydrogen) atoms. The molecule has 1 nitrogen and oxygen atoms in total. The summed E-state index contributed by atoms with van der Waals surface area (Å²) in [5.41, 5.74) is 1.08. The molecule has 0 bridgehead atoms. The van der Waals surface area contributed by atoms with Crippen molar-refractivity contribution in [1.29, 1.82) is 0 Å². The summed E-state index contributed by atoms with van der Waals surface area (Å²) >= 11 is 0. The van der Waals surface area contributed by atoms with Gasteiger partial charge >= 0.3 is 49.1 Å². The van der Waals surface area contributed by atoms with E-state index in [4.69, 9.17) is 0 Å². The van der Waals surface area contributed by atoms with Crippen molar-refractivity contribution >= 4 is 18.7 Å². The van der Waals surface area contributed by atoms with Gasteiger partial charge in [0, 0.05) is 0 Å². The van der Waals surface area contributed by atoms with Gasteiger partial charge in [-0.3, -0.25) is 0 Å². The monoisotopic (exact) mass is 105 g/mol. The van der Waals surface area contributed by atoms with Crippen LogP contribution < -0.4 is 0 Å². The standard InChI is InChI=1S/C6H8BN/c1-6-3-2-4-7-5-8-6/h2-3,5H,4H2,1H3. The maximum absolute atomic E-state index is 4.07. The molecule has 0 radical (unpaired) electrons. The number of aliphatic imine (C=N–C) groups is 1. The van der Waals surface area contributed by atoms with Crippen LogP contribution >= 0.6 is 0 Å². The minimum atomic E-state index is 1.01. The van der Waals surface area contributed by atoms with Gasteiger partial charge in [0.1, 0.15) is 0 Å². The fourth-order valence-electron chi connectivity index (χ4n) is 0.591. The molecule has 1 heterocycles. The fourth-order valence-corrected chi connectivity index (χ4v) is 0.591. The Morgan fingerprint density at radius 1 is 1.75 bits per heavy atom. The second-order valence-corrected chi connectivity index (χ2v) is 1.79. The van der Waals surface area contributed by atoms with Gasteiger partial charge in [-0.2, -0.15) is 0 Å². The van der Waals surface area contributed by atoms with E-state index in [-0.39, 0.29) is 0 Å². The Morgan fingerprint density at radius 2 is 2.62 bits per heavy atom. The summed E-state index contributed by atoms with van der Waals surface area (Å²) in [6.45, 7) is 4.03. The predicted molar refractivity (Wildman–Crippen MR) is 38.9 cm³/mol. The molecule has 40 valence electrons. The second-order valence-electron chi connectivity index (χ2n) is 1.79. The second kappa shape index (κ2) is 2.60. The molecule has 2 heteroatoms. The molecule has 0 aromatic rings. The number of allylic oxidation sites excluding steroid dienone is 2. The summed E-state index contributed by atoms with van der Waals surface area (Å²) in [5, 5.41) is 0. The first-order chi connectivity index (χ1) is 3.89. The van der Waals surface area contributed by atoms with E-state index in [0.29, 0.717) is 0 Å². The predicted octanol–water partition coefficient (Wildman–Crippen LogP) is 0.899. The number of hydrogen-bond acceptors (Lipinski definition) is 1. The Balaban J connectivity index is 2.73. The van der Waals surface area contributed by atoms with Crippen molar-refractivity contribution in [3.63, 3.8) is 0 Å². The summed E-state index contributed by atoms with van der Waals surface area (Å²) < 4.78 is 0. The number of hydrogen-bond donors (Lipinski definition) is 0. The first-order valence-corrected chi connectivity index (χ1v) is 2.75. The molecule has 0 fully saturated rings. The molecule has 0 aromatic carbocycles. The van der Waals surface area contributed by atoms with E-state index in [0.717, 1.165) is 12.0 Å². The third-order valence-corrected chi connectivity index (χ3v) is 1.01. The van der Waals surface area contributed by atoms with E-state index in [1.807, 2.05) is 26.0 Å². The van der Waals surface area contributed by atoms with Gasteiger partial charge in [-0.25, -0.2) is 0 Å². The molecule has 0 atom stereocenters. The Kier molecular flexibility index (Phi) is 1.78. The molecule has 1 rings (SSSR count). The quantitative estimate of drug-likeness (QED) is 0.406. The SMILES string of the molecule is CC1=NC=BCC=C1. The summed E-state index contributed by atoms with van der Waals surface area (Å²) in [4.78, 5) is 4.07. The van der Waals surface area contributed by atoms with Crippen molar-refractivity contribution in [1.82, 2.24) is 0 Å². The van der Waals surface area contributed by atoms with Crippen LogP contribution in [-0.4, -0.2) is 18.7 Å². The Labute approximate surface area is 50.0 Å². The summed E-state index contributed by atoms with van der Waals surface area (Å²) in [5.74, 6) is 0. The third kappa shape index (κ3) is 1.45. The normalized spacial score (nSPS) is 16.9. The van der Waals surface area contributed by atoms with Crippen molar-refractivity contribution in [2.45, 2.75) is 13.2 Å². The summed E-state index contributed by atoms with van der Waals surface area (Å²) in [6, 6.07) is 0.